The molecular weight excluding hydrogens is 380 g/mol. The van der Waals surface area contributed by atoms with E-state index < -0.39 is 17.1 Å². The van der Waals surface area contributed by atoms with Crippen molar-refractivity contribution >= 4 is 35.1 Å². The summed E-state index contributed by atoms with van der Waals surface area (Å²) in [6.45, 7) is 0. The van der Waals surface area contributed by atoms with Gasteiger partial charge in [-0.1, -0.05) is 54.1 Å². The van der Waals surface area contributed by atoms with Gasteiger partial charge in [0.25, 0.3) is 5.56 Å². The summed E-state index contributed by atoms with van der Waals surface area (Å²) in [4.78, 5) is 39.3. The zero-order valence-corrected chi connectivity index (χ0v) is 15.1. The fourth-order valence-electron chi connectivity index (χ4n) is 3.09. The van der Waals surface area contributed by atoms with Gasteiger partial charge >= 0.3 is 5.69 Å². The minimum Gasteiger partial charge on any atom is -0.494 e. The number of para-hydroxylation sites is 1. The molecule has 6 nitrogen and oxygen atoms in total. The lowest BCUT2D eigenvalue weighted by Crippen LogP contribution is -2.30. The monoisotopic (exact) mass is 392 g/mol. The van der Waals surface area contributed by atoms with Gasteiger partial charge in [0.1, 0.15) is 5.56 Å². The molecule has 0 saturated heterocycles. The molecule has 1 aromatic heterocycles. The Morgan fingerprint density at radius 3 is 2.46 bits per heavy atom. The van der Waals surface area contributed by atoms with Crippen molar-refractivity contribution in [3.63, 3.8) is 0 Å². The molecule has 0 bridgehead atoms. The molecule has 138 valence electrons. The molecule has 1 heterocycles. The quantitative estimate of drug-likeness (QED) is 0.656. The number of ketones is 1. The molecule has 0 amide bonds. The molecule has 28 heavy (non-hydrogen) atoms. The van der Waals surface area contributed by atoms with Crippen LogP contribution in [0.25, 0.3) is 23.4 Å². The first-order valence-corrected chi connectivity index (χ1v) is 8.72. The predicted molar refractivity (Wildman–Crippen MR) is 108 cm³/mol. The first-order valence-electron chi connectivity index (χ1n) is 8.34. The normalized spacial score (nSPS) is 14.3. The smallest absolute Gasteiger partial charge is 0.335 e. The number of allylic oxidation sites excluding steroid dienone is 2. The van der Waals surface area contributed by atoms with E-state index in [9.17, 15) is 19.5 Å². The van der Waals surface area contributed by atoms with Gasteiger partial charge in [-0.05, 0) is 35.4 Å². The number of halogens is 1. The number of carbonyl (C=O) groups is 1. The van der Waals surface area contributed by atoms with Crippen molar-refractivity contribution in [2.24, 2.45) is 0 Å². The number of H-pyrrole nitrogens is 1. The van der Waals surface area contributed by atoms with E-state index in [1.54, 1.807) is 36.4 Å². The maximum absolute atomic E-state index is 12.4. The van der Waals surface area contributed by atoms with Crippen LogP contribution < -0.4 is 11.2 Å². The summed E-state index contributed by atoms with van der Waals surface area (Å²) in [5.41, 5.74) is 0.0215. The average Bonchev–Trinajstić information content (AvgIpc) is 2.68. The molecular formula is C21H13ClN2O4. The van der Waals surface area contributed by atoms with Crippen molar-refractivity contribution in [3.05, 3.63) is 97.2 Å². The Labute approximate surface area is 163 Å². The SMILES string of the molecule is O=C1C=Cc2ccccc2C1=Cc1c(O)n(-c2ccccc2Cl)c(=O)[nH]c1=O. The van der Waals surface area contributed by atoms with Gasteiger partial charge in [0.2, 0.25) is 5.88 Å². The molecule has 0 saturated carbocycles. The lowest BCUT2D eigenvalue weighted by molar-refractivity contribution is -0.109. The minimum absolute atomic E-state index is 0.206. The molecule has 1 aliphatic carbocycles. The number of fused-ring (bicyclic) bond motifs is 1. The van der Waals surface area contributed by atoms with Gasteiger partial charge in [-0.2, -0.15) is 0 Å². The van der Waals surface area contributed by atoms with E-state index in [1.807, 2.05) is 12.1 Å². The van der Waals surface area contributed by atoms with Crippen molar-refractivity contribution in [3.8, 4) is 11.6 Å². The third kappa shape index (κ3) is 2.90. The van der Waals surface area contributed by atoms with Crippen LogP contribution in [-0.4, -0.2) is 20.4 Å². The Morgan fingerprint density at radius 2 is 1.68 bits per heavy atom. The first kappa shape index (κ1) is 17.8. The Hall–Kier alpha value is -3.64. The molecule has 3 aromatic rings. The Morgan fingerprint density at radius 1 is 0.964 bits per heavy atom. The average molecular weight is 393 g/mol. The summed E-state index contributed by atoms with van der Waals surface area (Å²) in [6, 6.07) is 13.6. The lowest BCUT2D eigenvalue weighted by Gasteiger charge is -2.14. The van der Waals surface area contributed by atoms with Gasteiger partial charge in [-0.15, -0.1) is 0 Å². The van der Waals surface area contributed by atoms with Crippen LogP contribution in [0.4, 0.5) is 0 Å². The summed E-state index contributed by atoms with van der Waals surface area (Å²) < 4.78 is 0.894. The van der Waals surface area contributed by atoms with Crippen molar-refractivity contribution in [1.82, 2.24) is 9.55 Å². The van der Waals surface area contributed by atoms with E-state index in [2.05, 4.69) is 4.98 Å². The maximum atomic E-state index is 12.4. The molecule has 2 N–H and O–H groups in total. The van der Waals surface area contributed by atoms with Crippen LogP contribution in [-0.2, 0) is 4.79 Å². The number of nitrogens with zero attached hydrogens (tertiary/aromatic N) is 1. The van der Waals surface area contributed by atoms with E-state index in [-0.39, 0.29) is 27.6 Å². The van der Waals surface area contributed by atoms with Crippen molar-refractivity contribution < 1.29 is 9.90 Å². The van der Waals surface area contributed by atoms with E-state index in [1.165, 1.54) is 18.2 Å². The molecule has 4 rings (SSSR count). The zero-order valence-electron chi connectivity index (χ0n) is 14.3. The standard InChI is InChI=1S/C21H13ClN2O4/c22-16-7-3-4-8-17(16)24-20(27)15(19(26)23-21(24)28)11-14-13-6-2-1-5-12(13)9-10-18(14)25/h1-11,27H,(H,23,26,28). The Balaban J connectivity index is 1.99. The fraction of sp³-hybridized carbons (Fsp3) is 0. The van der Waals surface area contributed by atoms with Gasteiger partial charge in [-0.3, -0.25) is 14.6 Å². The Bertz CT molecular complexity index is 1300. The largest absolute Gasteiger partial charge is 0.494 e. The number of aromatic hydroxyl groups is 1. The molecule has 1 aliphatic rings. The summed E-state index contributed by atoms with van der Waals surface area (Å²) in [5, 5.41) is 10.9. The highest BCUT2D eigenvalue weighted by atomic mass is 35.5. The third-order valence-electron chi connectivity index (χ3n) is 4.43. The third-order valence-corrected chi connectivity index (χ3v) is 4.75. The van der Waals surface area contributed by atoms with Gasteiger partial charge in [0.15, 0.2) is 5.78 Å². The van der Waals surface area contributed by atoms with E-state index in [0.29, 0.717) is 5.56 Å². The van der Waals surface area contributed by atoms with Gasteiger partial charge in [0.05, 0.1) is 10.7 Å². The first-order chi connectivity index (χ1) is 13.5. The molecule has 0 aliphatic heterocycles. The molecule has 2 aromatic carbocycles. The number of aromatic amines is 1. The summed E-state index contributed by atoms with van der Waals surface area (Å²) in [5.74, 6) is -0.915. The van der Waals surface area contributed by atoms with Crippen LogP contribution in [0.1, 0.15) is 16.7 Å². The van der Waals surface area contributed by atoms with E-state index >= 15 is 0 Å². The predicted octanol–water partition coefficient (Wildman–Crippen LogP) is 3.02. The van der Waals surface area contributed by atoms with E-state index in [4.69, 9.17) is 11.6 Å². The van der Waals surface area contributed by atoms with Crippen LogP contribution in [0.15, 0.2) is 64.2 Å². The maximum Gasteiger partial charge on any atom is 0.335 e. The minimum atomic E-state index is -0.840. The molecule has 0 fully saturated rings. The second kappa shape index (κ2) is 6.83. The number of aromatic nitrogens is 2. The van der Waals surface area contributed by atoms with Crippen LogP contribution in [0.2, 0.25) is 5.02 Å². The van der Waals surface area contributed by atoms with Crippen LogP contribution in [0.5, 0.6) is 5.88 Å². The van der Waals surface area contributed by atoms with Gasteiger partial charge < -0.3 is 5.11 Å². The number of rotatable bonds is 2. The number of nitrogens with one attached hydrogen (secondary N) is 1. The van der Waals surface area contributed by atoms with Crippen LogP contribution in [0, 0.1) is 0 Å². The van der Waals surface area contributed by atoms with E-state index in [0.717, 1.165) is 10.1 Å². The Kier molecular flexibility index (Phi) is 4.33. The highest BCUT2D eigenvalue weighted by Crippen LogP contribution is 2.30. The zero-order chi connectivity index (χ0) is 19.8. The van der Waals surface area contributed by atoms with Gasteiger partial charge in [0, 0.05) is 5.57 Å². The summed E-state index contributed by atoms with van der Waals surface area (Å²) in [7, 11) is 0. The topological polar surface area (TPSA) is 92.2 Å². The van der Waals surface area contributed by atoms with Crippen molar-refractivity contribution in [2.45, 2.75) is 0 Å². The number of benzene rings is 2. The molecule has 0 unspecified atom stereocenters. The van der Waals surface area contributed by atoms with Crippen LogP contribution >= 0.6 is 11.6 Å². The summed E-state index contributed by atoms with van der Waals surface area (Å²) in [6.07, 6.45) is 4.36. The fourth-order valence-corrected chi connectivity index (χ4v) is 3.31. The lowest BCUT2D eigenvalue weighted by atomic mass is 9.90. The highest BCUT2D eigenvalue weighted by molar-refractivity contribution is 6.33. The van der Waals surface area contributed by atoms with Crippen molar-refractivity contribution in [1.29, 1.82) is 0 Å². The highest BCUT2D eigenvalue weighted by Gasteiger charge is 2.21. The van der Waals surface area contributed by atoms with Gasteiger partial charge in [-0.25, -0.2) is 9.36 Å². The second-order valence-corrected chi connectivity index (χ2v) is 6.53. The number of carbonyl (C=O) groups excluding carboxylic acids is 1. The number of hydrogen-bond donors (Lipinski definition) is 2. The molecule has 0 spiro atoms. The molecule has 0 radical (unpaired) electrons. The molecule has 7 heteroatoms. The molecule has 0 atom stereocenters. The number of hydrogen-bond acceptors (Lipinski definition) is 4. The van der Waals surface area contributed by atoms with Crippen molar-refractivity contribution in [2.75, 3.05) is 0 Å². The summed E-state index contributed by atoms with van der Waals surface area (Å²) >= 11 is 6.14. The second-order valence-electron chi connectivity index (χ2n) is 6.13. The van der Waals surface area contributed by atoms with Crippen LogP contribution in [0.3, 0.4) is 0 Å².